The van der Waals surface area contributed by atoms with E-state index in [1.807, 2.05) is 13.0 Å². The number of benzene rings is 3. The molecule has 3 aromatic carbocycles. The molecule has 1 heterocycles. The van der Waals surface area contributed by atoms with Gasteiger partial charge in [0.2, 0.25) is 5.78 Å². The van der Waals surface area contributed by atoms with Gasteiger partial charge >= 0.3 is 0 Å². The van der Waals surface area contributed by atoms with Crippen LogP contribution in [0.5, 0.6) is 11.5 Å². The van der Waals surface area contributed by atoms with Gasteiger partial charge in [-0.3, -0.25) is 4.79 Å². The highest BCUT2D eigenvalue weighted by Gasteiger charge is 2.30. The molecule has 0 spiro atoms. The molecule has 1 aliphatic heterocycles. The van der Waals surface area contributed by atoms with Crippen LogP contribution in [0, 0.1) is 26.6 Å². The zero-order valence-corrected chi connectivity index (χ0v) is 16.6. The molecule has 146 valence electrons. The van der Waals surface area contributed by atoms with Crippen LogP contribution >= 0.6 is 0 Å². The van der Waals surface area contributed by atoms with Crippen LogP contribution < -0.4 is 9.47 Å². The molecule has 0 fully saturated rings. The van der Waals surface area contributed by atoms with E-state index < -0.39 is 0 Å². The van der Waals surface area contributed by atoms with Gasteiger partial charge in [0, 0.05) is 6.07 Å². The van der Waals surface area contributed by atoms with Crippen LogP contribution in [0.25, 0.3) is 6.08 Å². The standard InChI is InChI=1S/C25H21FO3/c1-15-7-8-16(2)19(9-15)14-28-21-10-17(3)24-22(13-21)29-23(25(24)27)12-18-5-4-6-20(26)11-18/h4-13H,14H2,1-3H3/b23-12-. The van der Waals surface area contributed by atoms with Crippen LogP contribution in [-0.4, -0.2) is 5.78 Å². The zero-order chi connectivity index (χ0) is 20.5. The van der Waals surface area contributed by atoms with Crippen LogP contribution in [0.15, 0.2) is 60.4 Å². The minimum atomic E-state index is -0.361. The van der Waals surface area contributed by atoms with E-state index in [2.05, 4.69) is 32.0 Å². The highest BCUT2D eigenvalue weighted by molar-refractivity contribution is 6.15. The third kappa shape index (κ3) is 3.92. The van der Waals surface area contributed by atoms with Gasteiger partial charge in [0.05, 0.1) is 5.56 Å². The Kier molecular flexibility index (Phi) is 4.93. The second-order valence-electron chi connectivity index (χ2n) is 7.33. The molecule has 3 aromatic rings. The van der Waals surface area contributed by atoms with Crippen LogP contribution in [0.3, 0.4) is 0 Å². The van der Waals surface area contributed by atoms with Crippen LogP contribution in [0.2, 0.25) is 0 Å². The van der Waals surface area contributed by atoms with Gasteiger partial charge in [-0.2, -0.15) is 0 Å². The molecule has 0 radical (unpaired) electrons. The third-order valence-electron chi connectivity index (χ3n) is 4.99. The first-order valence-corrected chi connectivity index (χ1v) is 9.44. The Labute approximate surface area is 169 Å². The molecule has 0 amide bonds. The Morgan fingerprint density at radius 1 is 1.00 bits per heavy atom. The smallest absolute Gasteiger partial charge is 0.232 e. The first kappa shape index (κ1) is 18.9. The lowest BCUT2D eigenvalue weighted by Gasteiger charge is -2.11. The molecule has 0 atom stereocenters. The monoisotopic (exact) mass is 388 g/mol. The van der Waals surface area contributed by atoms with E-state index in [0.29, 0.717) is 29.2 Å². The number of hydrogen-bond acceptors (Lipinski definition) is 3. The van der Waals surface area contributed by atoms with Gasteiger partial charge in [-0.1, -0.05) is 35.9 Å². The fourth-order valence-electron chi connectivity index (χ4n) is 3.43. The van der Waals surface area contributed by atoms with E-state index in [9.17, 15) is 9.18 Å². The molecule has 4 rings (SSSR count). The maximum absolute atomic E-state index is 13.4. The average Bonchev–Trinajstić information content (AvgIpc) is 2.98. The van der Waals surface area contributed by atoms with Crippen molar-refractivity contribution in [2.45, 2.75) is 27.4 Å². The number of Topliss-reactive ketones (excluding diaryl/α,β-unsaturated/α-hetero) is 1. The number of halogens is 1. The predicted molar refractivity (Wildman–Crippen MR) is 111 cm³/mol. The van der Waals surface area contributed by atoms with Gasteiger partial charge in [-0.25, -0.2) is 4.39 Å². The van der Waals surface area contributed by atoms with E-state index in [-0.39, 0.29) is 17.4 Å². The van der Waals surface area contributed by atoms with E-state index in [4.69, 9.17) is 9.47 Å². The SMILES string of the molecule is Cc1ccc(C)c(COc2cc(C)c3c(c2)O/C(=C\c2cccc(F)c2)C3=O)c1. The number of ether oxygens (including phenoxy) is 2. The van der Waals surface area contributed by atoms with Gasteiger partial charge in [0.15, 0.2) is 5.76 Å². The number of rotatable bonds is 4. The van der Waals surface area contributed by atoms with Crippen molar-refractivity contribution in [3.05, 3.63) is 99.6 Å². The summed E-state index contributed by atoms with van der Waals surface area (Å²) in [4.78, 5) is 12.8. The first-order chi connectivity index (χ1) is 13.9. The molecular formula is C25H21FO3. The summed E-state index contributed by atoms with van der Waals surface area (Å²) in [7, 11) is 0. The summed E-state index contributed by atoms with van der Waals surface area (Å²) in [6, 6.07) is 15.9. The van der Waals surface area contributed by atoms with Crippen molar-refractivity contribution >= 4 is 11.9 Å². The Bertz CT molecular complexity index is 1140. The summed E-state index contributed by atoms with van der Waals surface area (Å²) in [5.74, 6) is 0.722. The summed E-state index contributed by atoms with van der Waals surface area (Å²) in [6.07, 6.45) is 1.56. The van der Waals surface area contributed by atoms with Crippen LogP contribution in [0.1, 0.15) is 38.2 Å². The largest absolute Gasteiger partial charge is 0.489 e. The fourth-order valence-corrected chi connectivity index (χ4v) is 3.43. The minimum Gasteiger partial charge on any atom is -0.489 e. The number of carbonyl (C=O) groups is 1. The lowest BCUT2D eigenvalue weighted by Crippen LogP contribution is -2.01. The number of fused-ring (bicyclic) bond motifs is 1. The predicted octanol–water partition coefficient (Wildman–Crippen LogP) is 5.95. The normalized spacial score (nSPS) is 14.1. The van der Waals surface area contributed by atoms with Gasteiger partial charge < -0.3 is 9.47 Å². The molecule has 29 heavy (non-hydrogen) atoms. The molecule has 4 heteroatoms. The fraction of sp³-hybridized carbons (Fsp3) is 0.160. The topological polar surface area (TPSA) is 35.5 Å². The number of allylic oxidation sites excluding steroid dienone is 1. The first-order valence-electron chi connectivity index (χ1n) is 9.44. The van der Waals surface area contributed by atoms with E-state index in [1.54, 1.807) is 24.3 Å². The zero-order valence-electron chi connectivity index (χ0n) is 16.6. The molecule has 1 aliphatic rings. The van der Waals surface area contributed by atoms with E-state index >= 15 is 0 Å². The lowest BCUT2D eigenvalue weighted by molar-refractivity contribution is 0.101. The molecule has 0 aromatic heterocycles. The van der Waals surface area contributed by atoms with Gasteiger partial charge in [0.1, 0.15) is 23.9 Å². The third-order valence-corrected chi connectivity index (χ3v) is 4.99. The molecule has 0 saturated carbocycles. The summed E-state index contributed by atoms with van der Waals surface area (Å²) in [5, 5.41) is 0. The van der Waals surface area contributed by atoms with Crippen molar-refractivity contribution in [2.75, 3.05) is 0 Å². The molecular weight excluding hydrogens is 367 g/mol. The van der Waals surface area contributed by atoms with Gasteiger partial charge in [-0.05, 0) is 67.3 Å². The van der Waals surface area contributed by atoms with E-state index in [0.717, 1.165) is 11.1 Å². The second kappa shape index (κ2) is 7.55. The highest BCUT2D eigenvalue weighted by Crippen LogP contribution is 2.37. The van der Waals surface area contributed by atoms with E-state index in [1.165, 1.54) is 23.3 Å². The highest BCUT2D eigenvalue weighted by atomic mass is 19.1. The second-order valence-corrected chi connectivity index (χ2v) is 7.33. The Balaban J connectivity index is 1.58. The average molecular weight is 388 g/mol. The summed E-state index contributed by atoms with van der Waals surface area (Å²) >= 11 is 0. The maximum Gasteiger partial charge on any atom is 0.232 e. The number of aryl methyl sites for hydroxylation is 3. The molecule has 0 N–H and O–H groups in total. The Morgan fingerprint density at radius 2 is 1.83 bits per heavy atom. The van der Waals surface area contributed by atoms with Crippen molar-refractivity contribution in [2.24, 2.45) is 0 Å². The molecule has 0 aliphatic carbocycles. The van der Waals surface area contributed by atoms with Gasteiger partial charge in [-0.15, -0.1) is 0 Å². The summed E-state index contributed by atoms with van der Waals surface area (Å²) < 4.78 is 25.2. The van der Waals surface area contributed by atoms with Crippen molar-refractivity contribution in [1.29, 1.82) is 0 Å². The number of carbonyl (C=O) groups excluding carboxylic acids is 1. The summed E-state index contributed by atoms with van der Waals surface area (Å²) in [6.45, 7) is 6.40. The van der Waals surface area contributed by atoms with Crippen molar-refractivity contribution in [1.82, 2.24) is 0 Å². The van der Waals surface area contributed by atoms with Gasteiger partial charge in [0.25, 0.3) is 0 Å². The Hall–Kier alpha value is -3.40. The van der Waals surface area contributed by atoms with Crippen molar-refractivity contribution in [3.8, 4) is 11.5 Å². The number of ketones is 1. The summed E-state index contributed by atoms with van der Waals surface area (Å²) in [5.41, 5.74) is 5.34. The van der Waals surface area contributed by atoms with Crippen LogP contribution in [0.4, 0.5) is 4.39 Å². The quantitative estimate of drug-likeness (QED) is 0.519. The number of hydrogen-bond donors (Lipinski definition) is 0. The van der Waals surface area contributed by atoms with Crippen LogP contribution in [-0.2, 0) is 6.61 Å². The Morgan fingerprint density at radius 3 is 2.62 bits per heavy atom. The molecule has 0 unspecified atom stereocenters. The van der Waals surface area contributed by atoms with Crippen molar-refractivity contribution < 1.29 is 18.7 Å². The molecule has 0 bridgehead atoms. The lowest BCUT2D eigenvalue weighted by atomic mass is 10.0. The maximum atomic E-state index is 13.4. The minimum absolute atomic E-state index is 0.181. The molecule has 3 nitrogen and oxygen atoms in total. The van der Waals surface area contributed by atoms with Crippen molar-refractivity contribution in [3.63, 3.8) is 0 Å². The molecule has 0 saturated heterocycles.